The number of benzene rings is 1. The highest BCUT2D eigenvalue weighted by Gasteiger charge is 2.23. The number of primary amides is 1. The lowest BCUT2D eigenvalue weighted by Gasteiger charge is -2.18. The molecule has 226 valence electrons. The van der Waals surface area contributed by atoms with Crippen LogP contribution in [0.4, 0.5) is 4.79 Å². The highest BCUT2D eigenvalue weighted by atomic mass is 16.5. The predicted octanol–water partition coefficient (Wildman–Crippen LogP) is -1.23. The maximum atomic E-state index is 12.7. The summed E-state index contributed by atoms with van der Waals surface area (Å²) in [4.78, 5) is 60.0. The summed E-state index contributed by atoms with van der Waals surface area (Å²) in [7, 11) is 0. The zero-order chi connectivity index (χ0) is 30.3. The van der Waals surface area contributed by atoms with E-state index in [2.05, 4.69) is 21.3 Å². The van der Waals surface area contributed by atoms with Crippen LogP contribution < -0.4 is 32.7 Å². The van der Waals surface area contributed by atoms with E-state index in [4.69, 9.17) is 21.3 Å². The van der Waals surface area contributed by atoms with Gasteiger partial charge < -0.3 is 47.7 Å². The van der Waals surface area contributed by atoms with E-state index >= 15 is 0 Å². The fourth-order valence-electron chi connectivity index (χ4n) is 3.05. The van der Waals surface area contributed by atoms with Gasteiger partial charge in [-0.05, 0) is 31.2 Å². The number of unbranched alkanes of at least 4 members (excludes halogenated alkanes) is 1. The van der Waals surface area contributed by atoms with Gasteiger partial charge in [0.05, 0.1) is 25.3 Å². The van der Waals surface area contributed by atoms with Crippen molar-refractivity contribution in [2.75, 3.05) is 26.2 Å². The van der Waals surface area contributed by atoms with E-state index in [-0.39, 0.29) is 31.9 Å². The summed E-state index contributed by atoms with van der Waals surface area (Å²) >= 11 is 0. The molecule has 14 heteroatoms. The summed E-state index contributed by atoms with van der Waals surface area (Å²) in [6.45, 7) is 3.11. The Morgan fingerprint density at radius 3 is 2.25 bits per heavy atom. The highest BCUT2D eigenvalue weighted by molar-refractivity contribution is 5.90. The molecule has 10 N–H and O–H groups in total. The van der Waals surface area contributed by atoms with E-state index in [0.29, 0.717) is 25.8 Å². The van der Waals surface area contributed by atoms with Crippen molar-refractivity contribution in [2.45, 2.75) is 70.7 Å². The van der Waals surface area contributed by atoms with Gasteiger partial charge in [-0.25, -0.2) is 4.79 Å². The van der Waals surface area contributed by atoms with E-state index in [1.165, 1.54) is 0 Å². The number of hydrogen-bond acceptors (Lipinski definition) is 9. The second kappa shape index (κ2) is 22.1. The molecule has 0 radical (unpaired) electrons. The molecule has 0 saturated carbocycles. The van der Waals surface area contributed by atoms with Crippen LogP contribution in [0.3, 0.4) is 0 Å². The molecule has 0 spiro atoms. The smallest absolute Gasteiger partial charge is 0.408 e. The molecule has 40 heavy (non-hydrogen) atoms. The first-order valence-corrected chi connectivity index (χ1v) is 13.2. The van der Waals surface area contributed by atoms with Crippen LogP contribution >= 0.6 is 0 Å². The summed E-state index contributed by atoms with van der Waals surface area (Å²) in [5.74, 6) is -2.29. The SMILES string of the molecule is CC.NC(=O)C(N)CCCCNC(=O)CCC(NC(=O)OCc1ccccc1)C(=O)NCC(=O)NCC(O)CO. The van der Waals surface area contributed by atoms with E-state index in [1.54, 1.807) is 24.3 Å². The standard InChI is InChI=1S/C24H38N6O8.C2H6/c25-18(22(26)35)8-4-5-11-27-20(33)10-9-19(23(36)29-13-21(34)28-12-17(32)14-31)30-24(37)38-15-16-6-2-1-3-7-16;1-2/h1-3,6-7,17-19,31-32H,4-5,8-15,25H2,(H2,26,35)(H,27,33)(H,28,34)(H,29,36)(H,30,37);1-2H3. The van der Waals surface area contributed by atoms with Gasteiger partial charge in [-0.3, -0.25) is 19.2 Å². The van der Waals surface area contributed by atoms with Gasteiger partial charge in [0.15, 0.2) is 0 Å². The Hall–Kier alpha value is -3.75. The second-order valence-corrected chi connectivity index (χ2v) is 8.51. The molecule has 14 nitrogen and oxygen atoms in total. The van der Waals surface area contributed by atoms with Gasteiger partial charge in [-0.1, -0.05) is 44.2 Å². The van der Waals surface area contributed by atoms with Crippen LogP contribution in [0, 0.1) is 0 Å². The minimum atomic E-state index is -1.17. The molecule has 3 atom stereocenters. The highest BCUT2D eigenvalue weighted by Crippen LogP contribution is 2.04. The number of aliphatic hydroxyl groups is 2. The van der Waals surface area contributed by atoms with Gasteiger partial charge in [0.25, 0.3) is 0 Å². The fraction of sp³-hybridized carbons (Fsp3) is 0.577. The van der Waals surface area contributed by atoms with Crippen LogP contribution in [0.5, 0.6) is 0 Å². The van der Waals surface area contributed by atoms with Gasteiger partial charge >= 0.3 is 6.09 Å². The zero-order valence-electron chi connectivity index (χ0n) is 23.2. The number of aliphatic hydroxyl groups excluding tert-OH is 2. The van der Waals surface area contributed by atoms with E-state index in [1.807, 2.05) is 19.9 Å². The Kier molecular flexibility index (Phi) is 20.0. The van der Waals surface area contributed by atoms with Gasteiger partial charge in [-0.2, -0.15) is 0 Å². The van der Waals surface area contributed by atoms with Crippen molar-refractivity contribution in [3.8, 4) is 0 Å². The average molecular weight is 569 g/mol. The van der Waals surface area contributed by atoms with Gasteiger partial charge in [0.1, 0.15) is 12.6 Å². The molecule has 0 aliphatic heterocycles. The number of carbonyl (C=O) groups is 5. The van der Waals surface area contributed by atoms with Crippen LogP contribution in [-0.2, 0) is 30.5 Å². The summed E-state index contributed by atoms with van der Waals surface area (Å²) in [6, 6.07) is 6.98. The molecule has 1 aromatic carbocycles. The maximum Gasteiger partial charge on any atom is 0.408 e. The van der Waals surface area contributed by atoms with E-state index in [0.717, 1.165) is 5.56 Å². The summed E-state index contributed by atoms with van der Waals surface area (Å²) in [5, 5.41) is 27.9. The normalized spacial score (nSPS) is 12.4. The third-order valence-corrected chi connectivity index (χ3v) is 5.28. The number of hydrogen-bond donors (Lipinski definition) is 8. The predicted molar refractivity (Wildman–Crippen MR) is 147 cm³/mol. The second-order valence-electron chi connectivity index (χ2n) is 8.51. The zero-order valence-corrected chi connectivity index (χ0v) is 23.2. The monoisotopic (exact) mass is 568 g/mol. The Morgan fingerprint density at radius 2 is 1.62 bits per heavy atom. The lowest BCUT2D eigenvalue weighted by molar-refractivity contribution is -0.128. The minimum absolute atomic E-state index is 0.0313. The van der Waals surface area contributed by atoms with Crippen molar-refractivity contribution in [3.63, 3.8) is 0 Å². The lowest BCUT2D eigenvalue weighted by atomic mass is 10.1. The topological polar surface area (TPSA) is 235 Å². The molecule has 0 fully saturated rings. The van der Waals surface area contributed by atoms with Crippen LogP contribution in [0.1, 0.15) is 51.5 Å². The Labute approximate surface area is 234 Å². The number of rotatable bonds is 18. The molecular weight excluding hydrogens is 524 g/mol. The molecule has 0 saturated heterocycles. The van der Waals surface area contributed by atoms with Crippen LogP contribution in [0.15, 0.2) is 30.3 Å². The van der Waals surface area contributed by atoms with Gasteiger partial charge in [0, 0.05) is 19.5 Å². The Bertz CT molecular complexity index is 902. The lowest BCUT2D eigenvalue weighted by Crippen LogP contribution is -2.50. The van der Waals surface area contributed by atoms with Crippen LogP contribution in [-0.4, -0.2) is 84.4 Å². The first-order chi connectivity index (χ1) is 19.1. The number of amides is 5. The largest absolute Gasteiger partial charge is 0.445 e. The van der Waals surface area contributed by atoms with Crippen LogP contribution in [0.2, 0.25) is 0 Å². The quantitative estimate of drug-likeness (QED) is 0.0989. The molecule has 0 aliphatic rings. The summed E-state index contributed by atoms with van der Waals surface area (Å²) < 4.78 is 5.14. The molecule has 0 bridgehead atoms. The van der Waals surface area contributed by atoms with Crippen molar-refractivity contribution in [3.05, 3.63) is 35.9 Å². The molecule has 0 aliphatic carbocycles. The van der Waals surface area contributed by atoms with Crippen molar-refractivity contribution < 1.29 is 38.9 Å². The minimum Gasteiger partial charge on any atom is -0.445 e. The van der Waals surface area contributed by atoms with Gasteiger partial charge in [-0.15, -0.1) is 0 Å². The van der Waals surface area contributed by atoms with E-state index in [9.17, 15) is 29.1 Å². The molecule has 0 aromatic heterocycles. The van der Waals surface area contributed by atoms with E-state index < -0.39 is 55.2 Å². The molecule has 1 rings (SSSR count). The molecule has 3 unspecified atom stereocenters. The number of alkyl carbamates (subject to hydrolysis) is 1. The van der Waals surface area contributed by atoms with Crippen molar-refractivity contribution in [2.24, 2.45) is 11.5 Å². The van der Waals surface area contributed by atoms with Crippen molar-refractivity contribution in [1.29, 1.82) is 0 Å². The number of nitrogens with two attached hydrogens (primary N) is 2. The van der Waals surface area contributed by atoms with Crippen molar-refractivity contribution in [1.82, 2.24) is 21.3 Å². The summed E-state index contributed by atoms with van der Waals surface area (Å²) in [6.07, 6.45) is -0.641. The molecule has 0 heterocycles. The number of ether oxygens (including phenoxy) is 1. The fourth-order valence-corrected chi connectivity index (χ4v) is 3.05. The molecular formula is C26H44N6O8. The number of carbonyl (C=O) groups excluding carboxylic acids is 5. The molecule has 5 amide bonds. The first-order valence-electron chi connectivity index (χ1n) is 13.2. The first kappa shape index (κ1) is 36.2. The molecule has 1 aromatic rings. The van der Waals surface area contributed by atoms with Crippen molar-refractivity contribution >= 4 is 29.7 Å². The average Bonchev–Trinajstić information content (AvgIpc) is 2.96. The van der Waals surface area contributed by atoms with Gasteiger partial charge in [0.2, 0.25) is 23.6 Å². The van der Waals surface area contributed by atoms with Crippen LogP contribution in [0.25, 0.3) is 0 Å². The third kappa shape index (κ3) is 17.7. The summed E-state index contributed by atoms with van der Waals surface area (Å²) in [5.41, 5.74) is 11.4. The Balaban J connectivity index is 0.00000742. The Morgan fingerprint density at radius 1 is 0.950 bits per heavy atom. The maximum absolute atomic E-state index is 12.7. The number of nitrogens with one attached hydrogen (secondary N) is 4. The third-order valence-electron chi connectivity index (χ3n) is 5.28.